The number of ether oxygens (including phenoxy) is 1. The van der Waals surface area contributed by atoms with Crippen LogP contribution in [0.15, 0.2) is 35.7 Å². The van der Waals surface area contributed by atoms with Crippen molar-refractivity contribution in [2.24, 2.45) is 7.05 Å². The molecule has 22 heavy (non-hydrogen) atoms. The molecule has 0 bridgehead atoms. The van der Waals surface area contributed by atoms with Crippen LogP contribution in [0, 0.1) is 0 Å². The zero-order valence-electron chi connectivity index (χ0n) is 12.6. The van der Waals surface area contributed by atoms with Crippen LogP contribution in [0.2, 0.25) is 0 Å². The van der Waals surface area contributed by atoms with Gasteiger partial charge in [0.2, 0.25) is 0 Å². The maximum Gasteiger partial charge on any atom is 0.259 e. The highest BCUT2D eigenvalue weighted by Gasteiger charge is 2.20. The largest absolute Gasteiger partial charge is 0.493 e. The predicted octanol–water partition coefficient (Wildman–Crippen LogP) is 1.26. The second-order valence-electron chi connectivity index (χ2n) is 5.64. The van der Waals surface area contributed by atoms with Gasteiger partial charge in [-0.25, -0.2) is 18.1 Å². The van der Waals surface area contributed by atoms with Crippen molar-refractivity contribution in [1.82, 2.24) is 14.3 Å². The van der Waals surface area contributed by atoms with E-state index < -0.39 is 10.0 Å². The molecule has 1 atom stereocenters. The van der Waals surface area contributed by atoms with E-state index in [1.807, 2.05) is 19.1 Å². The van der Waals surface area contributed by atoms with Crippen LogP contribution >= 0.6 is 0 Å². The number of nitrogens with zero attached hydrogens (tertiary/aromatic N) is 2. The van der Waals surface area contributed by atoms with Gasteiger partial charge in [-0.3, -0.25) is 0 Å². The summed E-state index contributed by atoms with van der Waals surface area (Å²) in [5.41, 5.74) is 2.29. The SMILES string of the molecule is CC(Cc1ccc2c(c1)CCO2)NS(=O)(=O)c1cn(C)cn1. The van der Waals surface area contributed by atoms with E-state index >= 15 is 0 Å². The summed E-state index contributed by atoms with van der Waals surface area (Å²) >= 11 is 0. The number of nitrogens with one attached hydrogen (secondary N) is 1. The lowest BCUT2D eigenvalue weighted by Crippen LogP contribution is -2.34. The molecule has 118 valence electrons. The van der Waals surface area contributed by atoms with E-state index in [2.05, 4.69) is 15.8 Å². The molecule has 2 aromatic rings. The lowest BCUT2D eigenvalue weighted by atomic mass is 10.0. The highest BCUT2D eigenvalue weighted by atomic mass is 32.2. The van der Waals surface area contributed by atoms with Crippen LogP contribution in [0.5, 0.6) is 5.75 Å². The molecular weight excluding hydrogens is 302 g/mol. The van der Waals surface area contributed by atoms with Crippen molar-refractivity contribution in [3.63, 3.8) is 0 Å². The van der Waals surface area contributed by atoms with Gasteiger partial charge in [0.15, 0.2) is 5.03 Å². The number of rotatable bonds is 5. The molecule has 1 aliphatic heterocycles. The highest BCUT2D eigenvalue weighted by Crippen LogP contribution is 2.26. The van der Waals surface area contributed by atoms with Gasteiger partial charge < -0.3 is 9.30 Å². The van der Waals surface area contributed by atoms with Crippen molar-refractivity contribution in [1.29, 1.82) is 0 Å². The minimum atomic E-state index is -3.58. The normalized spacial score (nSPS) is 15.4. The first kappa shape index (κ1) is 15.1. The summed E-state index contributed by atoms with van der Waals surface area (Å²) in [6.45, 7) is 2.57. The molecule has 1 unspecified atom stereocenters. The molecular formula is C15H19N3O3S. The molecule has 2 heterocycles. The van der Waals surface area contributed by atoms with Gasteiger partial charge in [-0.15, -0.1) is 0 Å². The molecule has 1 aromatic heterocycles. The summed E-state index contributed by atoms with van der Waals surface area (Å²) in [4.78, 5) is 3.89. The fraction of sp³-hybridized carbons (Fsp3) is 0.400. The minimum Gasteiger partial charge on any atom is -0.493 e. The number of hydrogen-bond donors (Lipinski definition) is 1. The third-order valence-electron chi connectivity index (χ3n) is 3.61. The highest BCUT2D eigenvalue weighted by molar-refractivity contribution is 7.89. The summed E-state index contributed by atoms with van der Waals surface area (Å²) in [7, 11) is -1.84. The number of aromatic nitrogens is 2. The zero-order chi connectivity index (χ0) is 15.7. The second-order valence-corrected chi connectivity index (χ2v) is 7.31. The van der Waals surface area contributed by atoms with E-state index in [4.69, 9.17) is 4.74 Å². The number of imidazole rings is 1. The molecule has 0 fully saturated rings. The van der Waals surface area contributed by atoms with E-state index in [0.29, 0.717) is 6.42 Å². The van der Waals surface area contributed by atoms with Crippen LogP contribution in [0.1, 0.15) is 18.1 Å². The summed E-state index contributed by atoms with van der Waals surface area (Å²) in [6.07, 6.45) is 4.50. The van der Waals surface area contributed by atoms with E-state index in [9.17, 15) is 8.42 Å². The summed E-state index contributed by atoms with van der Waals surface area (Å²) in [5, 5.41) is 0.0456. The molecule has 0 radical (unpaired) electrons. The van der Waals surface area contributed by atoms with Crippen molar-refractivity contribution < 1.29 is 13.2 Å². The van der Waals surface area contributed by atoms with E-state index in [-0.39, 0.29) is 11.1 Å². The van der Waals surface area contributed by atoms with Crippen LogP contribution in [0.3, 0.4) is 0 Å². The number of benzene rings is 1. The standard InChI is InChI=1S/C15H19N3O3S/c1-11(17-22(19,20)15-9-18(2)10-16-15)7-12-3-4-14-13(8-12)5-6-21-14/h3-4,8-11,17H,5-7H2,1-2H3. The Morgan fingerprint density at radius 1 is 1.45 bits per heavy atom. The van der Waals surface area contributed by atoms with Gasteiger partial charge in [0, 0.05) is 25.7 Å². The van der Waals surface area contributed by atoms with E-state index in [1.165, 1.54) is 18.1 Å². The van der Waals surface area contributed by atoms with Crippen LogP contribution in [0.25, 0.3) is 0 Å². The Balaban J connectivity index is 1.68. The fourth-order valence-corrected chi connectivity index (χ4v) is 3.84. The van der Waals surface area contributed by atoms with Gasteiger partial charge >= 0.3 is 0 Å². The fourth-order valence-electron chi connectivity index (χ4n) is 2.61. The lowest BCUT2D eigenvalue weighted by Gasteiger charge is -2.13. The van der Waals surface area contributed by atoms with Crippen LogP contribution in [0.4, 0.5) is 0 Å². The lowest BCUT2D eigenvalue weighted by molar-refractivity contribution is 0.357. The van der Waals surface area contributed by atoms with Crippen molar-refractivity contribution in [2.45, 2.75) is 30.8 Å². The molecule has 3 rings (SSSR count). The Hall–Kier alpha value is -1.86. The molecule has 7 heteroatoms. The zero-order valence-corrected chi connectivity index (χ0v) is 13.4. The topological polar surface area (TPSA) is 73.2 Å². The molecule has 0 aliphatic carbocycles. The number of hydrogen-bond acceptors (Lipinski definition) is 4. The van der Waals surface area contributed by atoms with Crippen molar-refractivity contribution in [2.75, 3.05) is 6.61 Å². The van der Waals surface area contributed by atoms with Crippen molar-refractivity contribution in [3.8, 4) is 5.75 Å². The Morgan fingerprint density at radius 2 is 2.27 bits per heavy atom. The van der Waals surface area contributed by atoms with E-state index in [1.54, 1.807) is 11.6 Å². The first-order valence-electron chi connectivity index (χ1n) is 7.19. The van der Waals surface area contributed by atoms with Gasteiger partial charge in [0.05, 0.1) is 12.9 Å². The van der Waals surface area contributed by atoms with Crippen LogP contribution < -0.4 is 9.46 Å². The number of fused-ring (bicyclic) bond motifs is 1. The molecule has 0 amide bonds. The van der Waals surface area contributed by atoms with Gasteiger partial charge in [-0.2, -0.15) is 0 Å². The summed E-state index contributed by atoms with van der Waals surface area (Å²) in [5.74, 6) is 0.936. The van der Waals surface area contributed by atoms with Gasteiger partial charge in [-0.05, 0) is 30.5 Å². The average molecular weight is 321 g/mol. The predicted molar refractivity (Wildman–Crippen MR) is 82.3 cm³/mol. The Bertz CT molecular complexity index is 783. The molecule has 0 spiro atoms. The quantitative estimate of drug-likeness (QED) is 0.900. The third-order valence-corrected chi connectivity index (χ3v) is 5.08. The Morgan fingerprint density at radius 3 is 3.00 bits per heavy atom. The van der Waals surface area contributed by atoms with E-state index in [0.717, 1.165) is 24.3 Å². The smallest absolute Gasteiger partial charge is 0.259 e. The molecule has 1 aliphatic rings. The Kier molecular flexibility index (Phi) is 3.92. The van der Waals surface area contributed by atoms with Gasteiger partial charge in [0.25, 0.3) is 10.0 Å². The molecule has 6 nitrogen and oxygen atoms in total. The number of aryl methyl sites for hydroxylation is 1. The summed E-state index contributed by atoms with van der Waals surface area (Å²) < 4.78 is 34.2. The van der Waals surface area contributed by atoms with Gasteiger partial charge in [0.1, 0.15) is 5.75 Å². The molecule has 0 saturated carbocycles. The minimum absolute atomic E-state index is 0.0456. The van der Waals surface area contributed by atoms with Crippen molar-refractivity contribution >= 4 is 10.0 Å². The van der Waals surface area contributed by atoms with Crippen LogP contribution in [-0.2, 0) is 29.9 Å². The van der Waals surface area contributed by atoms with Crippen molar-refractivity contribution in [3.05, 3.63) is 41.9 Å². The monoisotopic (exact) mass is 321 g/mol. The molecule has 0 saturated heterocycles. The molecule has 1 aromatic carbocycles. The number of sulfonamides is 1. The maximum absolute atomic E-state index is 12.2. The Labute approximate surface area is 130 Å². The van der Waals surface area contributed by atoms with Crippen LogP contribution in [-0.4, -0.2) is 30.6 Å². The second kappa shape index (κ2) is 5.73. The molecule has 1 N–H and O–H groups in total. The first-order valence-corrected chi connectivity index (χ1v) is 8.67. The average Bonchev–Trinajstić information content (AvgIpc) is 3.06. The third kappa shape index (κ3) is 3.15. The first-order chi connectivity index (χ1) is 10.4. The van der Waals surface area contributed by atoms with Gasteiger partial charge in [-0.1, -0.05) is 12.1 Å². The maximum atomic E-state index is 12.2. The summed E-state index contributed by atoms with van der Waals surface area (Å²) in [6, 6.07) is 5.81.